The highest BCUT2D eigenvalue weighted by Crippen LogP contribution is 2.31. The summed E-state index contributed by atoms with van der Waals surface area (Å²) in [5.41, 5.74) is 6.50. The molecule has 0 saturated heterocycles. The molecule has 1 N–H and O–H groups in total. The standard InChI is InChI=1S/C29H23N3O/c1-21(30-26-20-12-11-19-25(26)22-13-5-2-6-14-22)27-28(23-15-7-3-8-16-23)31-32(29(27)33)24-17-9-4-10-18-24/h2-20,31H,1H3. The summed E-state index contributed by atoms with van der Waals surface area (Å²) < 4.78 is 1.58. The molecule has 5 aromatic rings. The second-order valence-electron chi connectivity index (χ2n) is 7.78. The molecule has 0 fully saturated rings. The fourth-order valence-electron chi connectivity index (χ4n) is 4.01. The van der Waals surface area contributed by atoms with E-state index in [9.17, 15) is 4.79 Å². The van der Waals surface area contributed by atoms with Gasteiger partial charge >= 0.3 is 0 Å². The predicted octanol–water partition coefficient (Wildman–Crippen LogP) is 6.64. The lowest BCUT2D eigenvalue weighted by Gasteiger charge is -2.07. The van der Waals surface area contributed by atoms with Gasteiger partial charge in [0.15, 0.2) is 0 Å². The number of nitrogens with one attached hydrogen (secondary N) is 1. The lowest BCUT2D eigenvalue weighted by atomic mass is 10.0. The normalized spacial score (nSPS) is 11.5. The Morgan fingerprint density at radius 1 is 0.697 bits per heavy atom. The van der Waals surface area contributed by atoms with Crippen LogP contribution in [-0.4, -0.2) is 15.5 Å². The van der Waals surface area contributed by atoms with Crippen molar-refractivity contribution < 1.29 is 0 Å². The van der Waals surface area contributed by atoms with Gasteiger partial charge in [0.1, 0.15) is 0 Å². The van der Waals surface area contributed by atoms with Crippen LogP contribution in [0.2, 0.25) is 0 Å². The molecule has 0 spiro atoms. The van der Waals surface area contributed by atoms with Crippen molar-refractivity contribution in [3.05, 3.63) is 131 Å². The molecule has 0 bridgehead atoms. The fourth-order valence-corrected chi connectivity index (χ4v) is 4.01. The Bertz CT molecular complexity index is 1460. The molecule has 0 aliphatic rings. The minimum Gasteiger partial charge on any atom is -0.290 e. The molecule has 0 saturated carbocycles. The van der Waals surface area contributed by atoms with Crippen molar-refractivity contribution in [1.29, 1.82) is 0 Å². The molecule has 1 heterocycles. The number of rotatable bonds is 5. The van der Waals surface area contributed by atoms with Gasteiger partial charge in [-0.15, -0.1) is 0 Å². The smallest absolute Gasteiger partial charge is 0.280 e. The summed E-state index contributed by atoms with van der Waals surface area (Å²) in [5, 5.41) is 3.32. The molecule has 0 amide bonds. The van der Waals surface area contributed by atoms with E-state index >= 15 is 0 Å². The van der Waals surface area contributed by atoms with Crippen LogP contribution in [0.3, 0.4) is 0 Å². The molecule has 33 heavy (non-hydrogen) atoms. The maximum absolute atomic E-state index is 13.6. The van der Waals surface area contributed by atoms with E-state index in [1.807, 2.05) is 104 Å². The van der Waals surface area contributed by atoms with Crippen LogP contribution < -0.4 is 5.56 Å². The van der Waals surface area contributed by atoms with E-state index in [1.165, 1.54) is 0 Å². The van der Waals surface area contributed by atoms with Crippen LogP contribution in [-0.2, 0) is 0 Å². The largest absolute Gasteiger partial charge is 0.290 e. The summed E-state index contributed by atoms with van der Waals surface area (Å²) in [4.78, 5) is 18.5. The van der Waals surface area contributed by atoms with Crippen molar-refractivity contribution in [3.8, 4) is 28.1 Å². The number of benzene rings is 4. The van der Waals surface area contributed by atoms with Gasteiger partial charge in [-0.1, -0.05) is 97.1 Å². The Hall–Kier alpha value is -4.44. The van der Waals surface area contributed by atoms with Crippen LogP contribution in [0.25, 0.3) is 28.1 Å². The van der Waals surface area contributed by atoms with E-state index in [1.54, 1.807) is 4.68 Å². The zero-order valence-corrected chi connectivity index (χ0v) is 18.3. The fraction of sp³-hybridized carbons (Fsp3) is 0.0345. The Morgan fingerprint density at radius 3 is 1.91 bits per heavy atom. The summed E-state index contributed by atoms with van der Waals surface area (Å²) in [6.45, 7) is 1.90. The van der Waals surface area contributed by atoms with Gasteiger partial charge in [0, 0.05) is 11.1 Å². The van der Waals surface area contributed by atoms with Gasteiger partial charge in [-0.3, -0.25) is 14.9 Å². The lowest BCUT2D eigenvalue weighted by Crippen LogP contribution is -2.19. The maximum atomic E-state index is 13.6. The van der Waals surface area contributed by atoms with Crippen LogP contribution >= 0.6 is 0 Å². The number of aliphatic imine (C=N–C) groups is 1. The van der Waals surface area contributed by atoms with Gasteiger partial charge in [0.25, 0.3) is 5.56 Å². The van der Waals surface area contributed by atoms with E-state index in [0.717, 1.165) is 33.8 Å². The summed E-state index contributed by atoms with van der Waals surface area (Å²) in [6.07, 6.45) is 0. The van der Waals surface area contributed by atoms with Crippen LogP contribution in [0.4, 0.5) is 5.69 Å². The van der Waals surface area contributed by atoms with Crippen LogP contribution in [0.1, 0.15) is 12.5 Å². The zero-order chi connectivity index (χ0) is 22.6. The molecule has 0 radical (unpaired) electrons. The molecule has 0 unspecified atom stereocenters. The molecule has 5 rings (SSSR count). The highest BCUT2D eigenvalue weighted by Gasteiger charge is 2.19. The van der Waals surface area contributed by atoms with E-state index in [4.69, 9.17) is 4.99 Å². The number of H-pyrrole nitrogens is 1. The molecular formula is C29H23N3O. The third-order valence-electron chi connectivity index (χ3n) is 5.61. The van der Waals surface area contributed by atoms with Crippen molar-refractivity contribution >= 4 is 11.4 Å². The van der Waals surface area contributed by atoms with Crippen LogP contribution in [0.15, 0.2) is 125 Å². The minimum absolute atomic E-state index is 0.126. The average Bonchev–Trinajstić information content (AvgIpc) is 3.23. The van der Waals surface area contributed by atoms with Gasteiger partial charge in [-0.2, -0.15) is 0 Å². The second kappa shape index (κ2) is 8.97. The summed E-state index contributed by atoms with van der Waals surface area (Å²) in [5.74, 6) is 0. The topological polar surface area (TPSA) is 50.1 Å². The summed E-state index contributed by atoms with van der Waals surface area (Å²) in [7, 11) is 0. The van der Waals surface area contributed by atoms with Crippen LogP contribution in [0.5, 0.6) is 0 Å². The first-order chi connectivity index (χ1) is 16.2. The zero-order valence-electron chi connectivity index (χ0n) is 18.3. The van der Waals surface area contributed by atoms with Gasteiger partial charge in [0.05, 0.1) is 28.3 Å². The van der Waals surface area contributed by atoms with Gasteiger partial charge in [-0.25, -0.2) is 4.68 Å². The first-order valence-corrected chi connectivity index (χ1v) is 10.9. The van der Waals surface area contributed by atoms with E-state index in [0.29, 0.717) is 11.3 Å². The predicted molar refractivity (Wildman–Crippen MR) is 136 cm³/mol. The van der Waals surface area contributed by atoms with Crippen molar-refractivity contribution in [2.24, 2.45) is 4.99 Å². The van der Waals surface area contributed by atoms with Crippen molar-refractivity contribution in [2.75, 3.05) is 0 Å². The van der Waals surface area contributed by atoms with Crippen molar-refractivity contribution in [1.82, 2.24) is 9.78 Å². The van der Waals surface area contributed by atoms with Gasteiger partial charge in [-0.05, 0) is 30.7 Å². The molecule has 0 aliphatic heterocycles. The highest BCUT2D eigenvalue weighted by atomic mass is 16.1. The Labute approximate surface area is 192 Å². The lowest BCUT2D eigenvalue weighted by molar-refractivity contribution is 0.852. The van der Waals surface area contributed by atoms with E-state index in [-0.39, 0.29) is 5.56 Å². The van der Waals surface area contributed by atoms with Crippen molar-refractivity contribution in [3.63, 3.8) is 0 Å². The molecule has 0 aliphatic carbocycles. The molecular weight excluding hydrogens is 406 g/mol. The summed E-state index contributed by atoms with van der Waals surface area (Å²) in [6, 6.07) is 37.7. The number of hydrogen-bond acceptors (Lipinski definition) is 2. The molecule has 4 nitrogen and oxygen atoms in total. The Kier molecular flexibility index (Phi) is 5.56. The molecule has 4 aromatic carbocycles. The molecule has 160 valence electrons. The quantitative estimate of drug-likeness (QED) is 0.313. The molecule has 1 aromatic heterocycles. The number of aromatic nitrogens is 2. The van der Waals surface area contributed by atoms with E-state index < -0.39 is 0 Å². The Balaban J connectivity index is 1.69. The molecule has 4 heteroatoms. The third-order valence-corrected chi connectivity index (χ3v) is 5.61. The average molecular weight is 430 g/mol. The van der Waals surface area contributed by atoms with Gasteiger partial charge in [0.2, 0.25) is 0 Å². The third kappa shape index (κ3) is 4.06. The SMILES string of the molecule is CC(=Nc1ccccc1-c1ccccc1)c1c(-c2ccccc2)[nH]n(-c2ccccc2)c1=O. The molecule has 0 atom stereocenters. The number of para-hydroxylation sites is 2. The summed E-state index contributed by atoms with van der Waals surface area (Å²) >= 11 is 0. The van der Waals surface area contributed by atoms with Gasteiger partial charge < -0.3 is 0 Å². The second-order valence-corrected chi connectivity index (χ2v) is 7.78. The maximum Gasteiger partial charge on any atom is 0.280 e. The monoisotopic (exact) mass is 429 g/mol. The first kappa shape index (κ1) is 20.5. The van der Waals surface area contributed by atoms with E-state index in [2.05, 4.69) is 23.3 Å². The first-order valence-electron chi connectivity index (χ1n) is 10.9. The van der Waals surface area contributed by atoms with Crippen LogP contribution in [0, 0.1) is 0 Å². The number of hydrogen-bond donors (Lipinski definition) is 1. The highest BCUT2D eigenvalue weighted by molar-refractivity contribution is 6.05. The minimum atomic E-state index is -0.126. The van der Waals surface area contributed by atoms with Crippen molar-refractivity contribution in [2.45, 2.75) is 6.92 Å². The number of nitrogens with zero attached hydrogens (tertiary/aromatic N) is 2. The number of aromatic amines is 1. The Morgan fingerprint density at radius 2 is 1.24 bits per heavy atom.